The molecule has 3 aromatic rings. The van der Waals surface area contributed by atoms with Crippen molar-refractivity contribution in [2.24, 2.45) is 15.5 Å². The molecule has 0 heterocycles. The van der Waals surface area contributed by atoms with Gasteiger partial charge in [-0.25, -0.2) is 0 Å². The van der Waals surface area contributed by atoms with E-state index >= 15 is 0 Å². The van der Waals surface area contributed by atoms with Crippen LogP contribution >= 0.6 is 0 Å². The maximum Gasteiger partial charge on any atom is 0.159 e. The molecule has 0 aromatic heterocycles. The fourth-order valence-corrected chi connectivity index (χ4v) is 3.14. The van der Waals surface area contributed by atoms with Crippen molar-refractivity contribution in [3.8, 4) is 35.5 Å². The molecular formula is C39H45N3O6. The summed E-state index contributed by atoms with van der Waals surface area (Å²) >= 11 is 0. The Bertz CT molecular complexity index is 1460. The van der Waals surface area contributed by atoms with Crippen molar-refractivity contribution in [1.82, 2.24) is 0 Å². The number of rotatable bonds is 6. The van der Waals surface area contributed by atoms with Gasteiger partial charge in [-0.15, -0.1) is 0 Å². The average molecular weight is 652 g/mol. The van der Waals surface area contributed by atoms with Crippen LogP contribution in [-0.4, -0.2) is 70.6 Å². The van der Waals surface area contributed by atoms with Crippen LogP contribution in [0.2, 0.25) is 0 Å². The Hall–Kier alpha value is -5.37. The third-order valence-electron chi connectivity index (χ3n) is 5.15. The molecule has 252 valence electrons. The molecule has 3 rings (SSSR count). The molecule has 0 saturated carbocycles. The predicted molar refractivity (Wildman–Crippen MR) is 192 cm³/mol. The van der Waals surface area contributed by atoms with Gasteiger partial charge in [-0.05, 0) is 59.3 Å². The third kappa shape index (κ3) is 19.2. The first kappa shape index (κ1) is 40.7. The van der Waals surface area contributed by atoms with Gasteiger partial charge in [0.2, 0.25) is 0 Å². The van der Waals surface area contributed by atoms with E-state index in [1.807, 2.05) is 91.0 Å². The van der Waals surface area contributed by atoms with Gasteiger partial charge in [0.1, 0.15) is 38.1 Å². The van der Waals surface area contributed by atoms with Crippen LogP contribution in [0.3, 0.4) is 0 Å². The van der Waals surface area contributed by atoms with Gasteiger partial charge in [0.15, 0.2) is 17.1 Å². The lowest BCUT2D eigenvalue weighted by Gasteiger charge is -2.06. The number of aliphatic hydroxyl groups is 3. The quantitative estimate of drug-likeness (QED) is 0.185. The van der Waals surface area contributed by atoms with Crippen molar-refractivity contribution >= 4 is 17.1 Å². The second-order valence-corrected chi connectivity index (χ2v) is 11.4. The van der Waals surface area contributed by atoms with Crippen LogP contribution in [0.1, 0.15) is 58.2 Å². The highest BCUT2D eigenvalue weighted by Crippen LogP contribution is 2.05. The SMILES string of the molecule is CO/N=C(\C#CC(C)(C)O)c1ccccc1.CO/N=C(\C#CC(C)(C)O)c1ccccc1.CO/N=C(\C#CC(C)(C)O)c1ccccc1. The molecule has 48 heavy (non-hydrogen) atoms. The Morgan fingerprint density at radius 1 is 0.438 bits per heavy atom. The number of benzene rings is 3. The summed E-state index contributed by atoms with van der Waals surface area (Å²) in [5.41, 5.74) is 0.986. The average Bonchev–Trinajstić information content (AvgIpc) is 3.04. The molecule has 9 heteroatoms. The molecular weight excluding hydrogens is 606 g/mol. The zero-order valence-corrected chi connectivity index (χ0v) is 29.1. The van der Waals surface area contributed by atoms with Crippen molar-refractivity contribution in [1.29, 1.82) is 0 Å². The first-order valence-electron chi connectivity index (χ1n) is 14.8. The van der Waals surface area contributed by atoms with E-state index in [4.69, 9.17) is 14.5 Å². The van der Waals surface area contributed by atoms with Gasteiger partial charge in [0, 0.05) is 16.7 Å². The van der Waals surface area contributed by atoms with Gasteiger partial charge in [0.05, 0.1) is 0 Å². The first-order valence-corrected chi connectivity index (χ1v) is 14.8. The lowest BCUT2D eigenvalue weighted by molar-refractivity contribution is 0.143. The lowest BCUT2D eigenvalue weighted by atomic mass is 10.1. The van der Waals surface area contributed by atoms with E-state index < -0.39 is 16.8 Å². The van der Waals surface area contributed by atoms with E-state index in [0.29, 0.717) is 17.1 Å². The molecule has 3 N–H and O–H groups in total. The van der Waals surface area contributed by atoms with E-state index in [2.05, 4.69) is 51.0 Å². The summed E-state index contributed by atoms with van der Waals surface area (Å²) in [6.45, 7) is 9.72. The van der Waals surface area contributed by atoms with Gasteiger partial charge in [-0.2, -0.15) is 0 Å². The van der Waals surface area contributed by atoms with E-state index in [1.54, 1.807) is 41.5 Å². The van der Waals surface area contributed by atoms with Crippen LogP contribution in [-0.2, 0) is 14.5 Å². The fourth-order valence-electron chi connectivity index (χ4n) is 3.14. The summed E-state index contributed by atoms with van der Waals surface area (Å²) in [5, 5.41) is 40.0. The molecule has 0 aliphatic carbocycles. The molecule has 0 unspecified atom stereocenters. The summed E-state index contributed by atoms with van der Waals surface area (Å²) in [5.74, 6) is 16.5. The molecule has 9 nitrogen and oxygen atoms in total. The van der Waals surface area contributed by atoms with Gasteiger partial charge in [0.25, 0.3) is 0 Å². The van der Waals surface area contributed by atoms with Gasteiger partial charge < -0.3 is 29.8 Å². The minimum Gasteiger partial charge on any atom is -0.398 e. The van der Waals surface area contributed by atoms with E-state index in [1.165, 1.54) is 21.3 Å². The highest BCUT2D eigenvalue weighted by molar-refractivity contribution is 6.13. The van der Waals surface area contributed by atoms with Crippen molar-refractivity contribution < 1.29 is 29.8 Å². The molecule has 0 radical (unpaired) electrons. The topological polar surface area (TPSA) is 125 Å². The smallest absolute Gasteiger partial charge is 0.159 e. The first-order chi connectivity index (χ1) is 22.6. The molecule has 0 atom stereocenters. The number of oxime groups is 3. The van der Waals surface area contributed by atoms with E-state index in [9.17, 15) is 15.3 Å². The van der Waals surface area contributed by atoms with Gasteiger partial charge >= 0.3 is 0 Å². The summed E-state index contributed by atoms with van der Waals surface area (Å²) in [6, 6.07) is 28.4. The second-order valence-electron chi connectivity index (χ2n) is 11.4. The van der Waals surface area contributed by atoms with E-state index in [-0.39, 0.29) is 0 Å². The second kappa shape index (κ2) is 20.7. The third-order valence-corrected chi connectivity index (χ3v) is 5.15. The largest absolute Gasteiger partial charge is 0.398 e. The fraction of sp³-hybridized carbons (Fsp3) is 0.308. The van der Waals surface area contributed by atoms with Crippen LogP contribution in [0.25, 0.3) is 0 Å². The van der Waals surface area contributed by atoms with Crippen molar-refractivity contribution in [2.45, 2.75) is 58.3 Å². The predicted octanol–water partition coefficient (Wildman–Crippen LogP) is 5.43. The minimum absolute atomic E-state index is 0.505. The highest BCUT2D eigenvalue weighted by Gasteiger charge is 2.09. The Kier molecular flexibility index (Phi) is 17.5. The molecule has 0 aliphatic rings. The maximum atomic E-state index is 9.51. The molecule has 0 spiro atoms. The summed E-state index contributed by atoms with van der Waals surface area (Å²) < 4.78 is 0. The zero-order valence-electron chi connectivity index (χ0n) is 29.1. The molecule has 3 aromatic carbocycles. The van der Waals surface area contributed by atoms with Crippen LogP contribution in [0, 0.1) is 35.5 Å². The lowest BCUT2D eigenvalue weighted by Crippen LogP contribution is -2.15. The molecule has 0 saturated heterocycles. The van der Waals surface area contributed by atoms with Crippen LogP contribution in [0.15, 0.2) is 106 Å². The van der Waals surface area contributed by atoms with Crippen LogP contribution in [0.4, 0.5) is 0 Å². The molecule has 0 fully saturated rings. The Balaban J connectivity index is 0.000000360. The Labute approximate surface area is 284 Å². The number of nitrogens with zero attached hydrogens (tertiary/aromatic N) is 3. The summed E-state index contributed by atoms with van der Waals surface area (Å²) in [7, 11) is 4.40. The van der Waals surface area contributed by atoms with Gasteiger partial charge in [-0.1, -0.05) is 124 Å². The van der Waals surface area contributed by atoms with Crippen molar-refractivity contribution in [3.05, 3.63) is 108 Å². The summed E-state index contributed by atoms with van der Waals surface area (Å²) in [4.78, 5) is 14.2. The Morgan fingerprint density at radius 2 is 0.646 bits per heavy atom. The number of hydrogen-bond acceptors (Lipinski definition) is 9. The number of hydrogen-bond donors (Lipinski definition) is 3. The molecule has 0 aliphatic heterocycles. The van der Waals surface area contributed by atoms with Crippen molar-refractivity contribution in [2.75, 3.05) is 21.3 Å². The van der Waals surface area contributed by atoms with E-state index in [0.717, 1.165) is 16.7 Å². The monoisotopic (exact) mass is 651 g/mol. The molecule has 0 bridgehead atoms. The Morgan fingerprint density at radius 3 is 0.812 bits per heavy atom. The minimum atomic E-state index is -1.04. The molecule has 0 amide bonds. The van der Waals surface area contributed by atoms with Crippen molar-refractivity contribution in [3.63, 3.8) is 0 Å². The van der Waals surface area contributed by atoms with Gasteiger partial charge in [-0.3, -0.25) is 0 Å². The highest BCUT2D eigenvalue weighted by atomic mass is 16.6. The zero-order chi connectivity index (χ0) is 36.1. The standard InChI is InChI=1S/3C13H15NO2/c3*1-13(2,15)10-9-12(14-16-3)11-7-5-4-6-8-11/h3*4-8,15H,1-3H3/b3*14-12+. The van der Waals surface area contributed by atoms with Crippen LogP contribution < -0.4 is 0 Å². The normalized spacial score (nSPS) is 11.6. The maximum absolute atomic E-state index is 9.51. The van der Waals surface area contributed by atoms with Crippen LogP contribution in [0.5, 0.6) is 0 Å². The summed E-state index contributed by atoms with van der Waals surface area (Å²) in [6.07, 6.45) is 0.